The summed E-state index contributed by atoms with van der Waals surface area (Å²) in [6.45, 7) is 0.106. The Bertz CT molecular complexity index is 1020. The molecular formula is C22H14Br2FNO. The van der Waals surface area contributed by atoms with E-state index in [0.717, 1.165) is 20.1 Å². The van der Waals surface area contributed by atoms with Crippen LogP contribution in [0.4, 0.5) is 4.39 Å². The first-order valence-electron chi connectivity index (χ1n) is 8.10. The van der Waals surface area contributed by atoms with E-state index in [9.17, 15) is 9.65 Å². The van der Waals surface area contributed by atoms with Crippen molar-refractivity contribution >= 4 is 43.5 Å². The van der Waals surface area contributed by atoms with E-state index in [1.807, 2.05) is 36.4 Å². The van der Waals surface area contributed by atoms with Crippen LogP contribution < -0.4 is 4.74 Å². The highest BCUT2D eigenvalue weighted by atomic mass is 79.9. The predicted octanol–water partition coefficient (Wildman–Crippen LogP) is 6.99. The number of halogens is 3. The minimum absolute atomic E-state index is 0.106. The van der Waals surface area contributed by atoms with Crippen LogP contribution in [-0.2, 0) is 6.61 Å². The number of rotatable bonds is 5. The van der Waals surface area contributed by atoms with Gasteiger partial charge in [-0.2, -0.15) is 5.26 Å². The van der Waals surface area contributed by atoms with Crippen molar-refractivity contribution in [2.75, 3.05) is 0 Å². The Kier molecular flexibility index (Phi) is 6.44. The molecule has 2 nitrogen and oxygen atoms in total. The smallest absolute Gasteiger partial charge is 0.129 e. The Hall–Kier alpha value is -2.42. The van der Waals surface area contributed by atoms with Crippen molar-refractivity contribution in [3.63, 3.8) is 0 Å². The second-order valence-corrected chi connectivity index (χ2v) is 7.57. The quantitative estimate of drug-likeness (QED) is 0.287. The Labute approximate surface area is 174 Å². The lowest BCUT2D eigenvalue weighted by Crippen LogP contribution is -1.99. The molecule has 0 aliphatic rings. The van der Waals surface area contributed by atoms with Gasteiger partial charge in [-0.15, -0.1) is 0 Å². The Balaban J connectivity index is 1.92. The highest BCUT2D eigenvalue weighted by Gasteiger charge is 2.08. The number of nitrogens with zero attached hydrogens (tertiary/aromatic N) is 1. The van der Waals surface area contributed by atoms with Crippen LogP contribution in [-0.4, -0.2) is 0 Å². The zero-order valence-electron chi connectivity index (χ0n) is 14.1. The standard InChI is InChI=1S/C22H14Br2FNO/c23-19-7-5-15(6-8-19)18(13-26)11-17-12-20(24)9-10-22(17)27-14-16-3-1-2-4-21(16)25/h1-12H,14H2/b18-11+. The van der Waals surface area contributed by atoms with Gasteiger partial charge in [-0.3, -0.25) is 0 Å². The van der Waals surface area contributed by atoms with Crippen LogP contribution in [0.15, 0.2) is 75.7 Å². The molecule has 27 heavy (non-hydrogen) atoms. The highest BCUT2D eigenvalue weighted by Crippen LogP contribution is 2.29. The monoisotopic (exact) mass is 485 g/mol. The summed E-state index contributed by atoms with van der Waals surface area (Å²) in [6.07, 6.45) is 1.77. The molecule has 0 saturated carbocycles. The van der Waals surface area contributed by atoms with Gasteiger partial charge in [-0.05, 0) is 48.0 Å². The second-order valence-electron chi connectivity index (χ2n) is 5.74. The molecule has 3 aromatic rings. The summed E-state index contributed by atoms with van der Waals surface area (Å²) >= 11 is 6.84. The molecule has 0 N–H and O–H groups in total. The third-order valence-corrected chi connectivity index (χ3v) is 4.91. The molecule has 0 aromatic heterocycles. The number of benzene rings is 3. The van der Waals surface area contributed by atoms with E-state index in [1.165, 1.54) is 6.07 Å². The number of hydrogen-bond donors (Lipinski definition) is 0. The van der Waals surface area contributed by atoms with Crippen molar-refractivity contribution in [1.29, 1.82) is 5.26 Å². The molecule has 0 aliphatic carbocycles. The SMILES string of the molecule is N#C/C(=C\c1cc(Br)ccc1OCc1ccccc1F)c1ccc(Br)cc1. The Morgan fingerprint density at radius 2 is 1.70 bits per heavy atom. The van der Waals surface area contributed by atoms with E-state index in [2.05, 4.69) is 37.9 Å². The molecule has 0 unspecified atom stereocenters. The van der Waals surface area contributed by atoms with Crippen molar-refractivity contribution in [3.05, 3.63) is 98.2 Å². The molecule has 0 fully saturated rings. The third-order valence-electron chi connectivity index (χ3n) is 3.89. The van der Waals surface area contributed by atoms with Gasteiger partial charge in [0.1, 0.15) is 18.2 Å². The zero-order valence-corrected chi connectivity index (χ0v) is 17.3. The van der Waals surface area contributed by atoms with Crippen LogP contribution in [0.3, 0.4) is 0 Å². The van der Waals surface area contributed by atoms with Gasteiger partial charge in [0.15, 0.2) is 0 Å². The predicted molar refractivity (Wildman–Crippen MR) is 113 cm³/mol. The maximum Gasteiger partial charge on any atom is 0.129 e. The second kappa shape index (κ2) is 8.98. The fourth-order valence-corrected chi connectivity index (χ4v) is 3.14. The van der Waals surface area contributed by atoms with Crippen LogP contribution in [0.2, 0.25) is 0 Å². The average Bonchev–Trinajstić information content (AvgIpc) is 2.67. The molecular weight excluding hydrogens is 473 g/mol. The van der Waals surface area contributed by atoms with Gasteiger partial charge in [-0.25, -0.2) is 4.39 Å². The number of ether oxygens (including phenoxy) is 1. The lowest BCUT2D eigenvalue weighted by Gasteiger charge is -2.11. The van der Waals surface area contributed by atoms with Crippen molar-refractivity contribution in [2.45, 2.75) is 6.61 Å². The molecule has 0 bridgehead atoms. The average molecular weight is 487 g/mol. The van der Waals surface area contributed by atoms with Gasteiger partial charge in [-0.1, -0.05) is 62.2 Å². The molecule has 0 saturated heterocycles. The van der Waals surface area contributed by atoms with Crippen LogP contribution in [0.1, 0.15) is 16.7 Å². The largest absolute Gasteiger partial charge is 0.488 e. The fourth-order valence-electron chi connectivity index (χ4n) is 2.50. The zero-order chi connectivity index (χ0) is 19.2. The normalized spacial score (nSPS) is 11.1. The van der Waals surface area contributed by atoms with Gasteiger partial charge < -0.3 is 4.74 Å². The van der Waals surface area contributed by atoms with Crippen molar-refractivity contribution < 1.29 is 9.13 Å². The summed E-state index contributed by atoms with van der Waals surface area (Å²) in [5, 5.41) is 9.58. The minimum atomic E-state index is -0.306. The topological polar surface area (TPSA) is 33.0 Å². The van der Waals surface area contributed by atoms with Crippen LogP contribution in [0, 0.1) is 17.1 Å². The fraction of sp³-hybridized carbons (Fsp3) is 0.0455. The van der Waals surface area contributed by atoms with Crippen LogP contribution >= 0.6 is 31.9 Å². The van der Waals surface area contributed by atoms with Gasteiger partial charge in [0.2, 0.25) is 0 Å². The first-order valence-corrected chi connectivity index (χ1v) is 9.69. The first kappa shape index (κ1) is 19.3. The Morgan fingerprint density at radius 3 is 2.41 bits per heavy atom. The van der Waals surface area contributed by atoms with E-state index >= 15 is 0 Å². The highest BCUT2D eigenvalue weighted by molar-refractivity contribution is 9.10. The van der Waals surface area contributed by atoms with Gasteiger partial charge in [0, 0.05) is 20.1 Å². The van der Waals surface area contributed by atoms with Crippen molar-refractivity contribution in [3.8, 4) is 11.8 Å². The third kappa shape index (κ3) is 5.06. The minimum Gasteiger partial charge on any atom is -0.488 e. The molecule has 3 rings (SSSR count). The number of hydrogen-bond acceptors (Lipinski definition) is 2. The summed E-state index contributed by atoms with van der Waals surface area (Å²) in [4.78, 5) is 0. The molecule has 5 heteroatoms. The molecule has 0 amide bonds. The van der Waals surface area contributed by atoms with Gasteiger partial charge in [0.25, 0.3) is 0 Å². The lowest BCUT2D eigenvalue weighted by molar-refractivity contribution is 0.299. The molecule has 134 valence electrons. The van der Waals surface area contributed by atoms with E-state index in [0.29, 0.717) is 16.9 Å². The van der Waals surface area contributed by atoms with Crippen LogP contribution in [0.5, 0.6) is 5.75 Å². The molecule has 0 heterocycles. The summed E-state index contributed by atoms with van der Waals surface area (Å²) in [6, 6.07) is 21.8. The summed E-state index contributed by atoms with van der Waals surface area (Å²) in [7, 11) is 0. The van der Waals surface area contributed by atoms with E-state index < -0.39 is 0 Å². The summed E-state index contributed by atoms with van der Waals surface area (Å²) in [5.74, 6) is 0.269. The molecule has 0 atom stereocenters. The van der Waals surface area contributed by atoms with Crippen molar-refractivity contribution in [1.82, 2.24) is 0 Å². The number of allylic oxidation sites excluding steroid dienone is 1. The van der Waals surface area contributed by atoms with E-state index in [4.69, 9.17) is 4.74 Å². The van der Waals surface area contributed by atoms with Crippen LogP contribution in [0.25, 0.3) is 11.6 Å². The lowest BCUT2D eigenvalue weighted by atomic mass is 10.0. The van der Waals surface area contributed by atoms with Crippen molar-refractivity contribution in [2.24, 2.45) is 0 Å². The molecule has 0 spiro atoms. The summed E-state index contributed by atoms with van der Waals surface area (Å²) < 4.78 is 21.5. The van der Waals surface area contributed by atoms with Gasteiger partial charge >= 0.3 is 0 Å². The first-order chi connectivity index (χ1) is 13.1. The maximum atomic E-state index is 13.8. The summed E-state index contributed by atoms with van der Waals surface area (Å²) in [5.41, 5.74) is 2.53. The molecule has 0 radical (unpaired) electrons. The number of nitriles is 1. The molecule has 3 aromatic carbocycles. The molecule has 0 aliphatic heterocycles. The maximum absolute atomic E-state index is 13.8. The van der Waals surface area contributed by atoms with E-state index in [1.54, 1.807) is 30.3 Å². The van der Waals surface area contributed by atoms with E-state index in [-0.39, 0.29) is 12.4 Å². The van der Waals surface area contributed by atoms with Gasteiger partial charge in [0.05, 0.1) is 11.6 Å². The Morgan fingerprint density at radius 1 is 1.00 bits per heavy atom.